The lowest BCUT2D eigenvalue weighted by atomic mass is 10.2. The van der Waals surface area contributed by atoms with Crippen molar-refractivity contribution in [1.29, 1.82) is 0 Å². The van der Waals surface area contributed by atoms with Crippen LogP contribution in [0.1, 0.15) is 12.5 Å². The van der Waals surface area contributed by atoms with Gasteiger partial charge in [-0.05, 0) is 12.1 Å². The number of halogens is 1. The first kappa shape index (κ1) is 10.8. The Kier molecular flexibility index (Phi) is 3.73. The zero-order valence-corrected chi connectivity index (χ0v) is 8.47. The van der Waals surface area contributed by atoms with Gasteiger partial charge in [-0.2, -0.15) is 0 Å². The molecule has 4 nitrogen and oxygen atoms in total. The molecule has 1 aromatic carbocycles. The zero-order valence-electron chi connectivity index (χ0n) is 7.71. The number of rotatable bonds is 3. The lowest BCUT2D eigenvalue weighted by molar-refractivity contribution is -0.132. The highest BCUT2D eigenvalue weighted by Crippen LogP contribution is 2.22. The summed E-state index contributed by atoms with van der Waals surface area (Å²) in [6.45, 7) is 1.51. The molecule has 0 spiro atoms. The number of hydrogen-bond acceptors (Lipinski definition) is 3. The minimum Gasteiger partial charge on any atom is -0.398 e. The van der Waals surface area contributed by atoms with Crippen LogP contribution < -0.4 is 11.2 Å². The third kappa shape index (κ3) is 2.90. The molecule has 0 saturated carbocycles. The van der Waals surface area contributed by atoms with Gasteiger partial charge in [-0.25, -0.2) is 5.48 Å². The van der Waals surface area contributed by atoms with Crippen molar-refractivity contribution in [3.05, 3.63) is 28.8 Å². The van der Waals surface area contributed by atoms with Gasteiger partial charge >= 0.3 is 0 Å². The first-order valence-corrected chi connectivity index (χ1v) is 4.40. The molecule has 76 valence electrons. The fourth-order valence-electron chi connectivity index (χ4n) is 0.937. The maximum Gasteiger partial charge on any atom is 0.240 e. The van der Waals surface area contributed by atoms with Gasteiger partial charge < -0.3 is 5.73 Å². The predicted octanol–water partition coefficient (Wildman–Crippen LogP) is 1.49. The standard InChI is InChI=1S/C9H11ClN2O2/c1-6(13)12-14-5-7-8(10)3-2-4-9(7)11/h2-4H,5,11H2,1H3,(H,12,13). The van der Waals surface area contributed by atoms with Gasteiger partial charge in [0.25, 0.3) is 0 Å². The molecular weight excluding hydrogens is 204 g/mol. The molecule has 0 aliphatic carbocycles. The summed E-state index contributed by atoms with van der Waals surface area (Å²) in [7, 11) is 0. The van der Waals surface area contributed by atoms with E-state index in [-0.39, 0.29) is 12.5 Å². The van der Waals surface area contributed by atoms with E-state index in [9.17, 15) is 4.79 Å². The normalized spacial score (nSPS) is 9.86. The number of benzene rings is 1. The van der Waals surface area contributed by atoms with Crippen molar-refractivity contribution in [1.82, 2.24) is 5.48 Å². The Morgan fingerprint density at radius 3 is 2.93 bits per heavy atom. The summed E-state index contributed by atoms with van der Waals surface area (Å²) in [5.41, 5.74) is 9.07. The predicted molar refractivity (Wildman–Crippen MR) is 54.5 cm³/mol. The molecule has 0 heterocycles. The largest absolute Gasteiger partial charge is 0.398 e. The summed E-state index contributed by atoms with van der Waals surface area (Å²) >= 11 is 5.87. The van der Waals surface area contributed by atoms with Crippen molar-refractivity contribution >= 4 is 23.2 Å². The summed E-state index contributed by atoms with van der Waals surface area (Å²) in [5, 5.41) is 0.523. The summed E-state index contributed by atoms with van der Waals surface area (Å²) in [6.07, 6.45) is 0. The van der Waals surface area contributed by atoms with Gasteiger partial charge in [-0.15, -0.1) is 0 Å². The average Bonchev–Trinajstić information content (AvgIpc) is 2.09. The molecule has 3 N–H and O–H groups in total. The smallest absolute Gasteiger partial charge is 0.240 e. The Bertz CT molecular complexity index is 321. The van der Waals surface area contributed by atoms with Gasteiger partial charge in [0.2, 0.25) is 5.91 Å². The first-order valence-electron chi connectivity index (χ1n) is 4.02. The van der Waals surface area contributed by atoms with Crippen LogP contribution >= 0.6 is 11.6 Å². The molecule has 1 amide bonds. The first-order chi connectivity index (χ1) is 6.61. The second-order valence-electron chi connectivity index (χ2n) is 2.75. The molecule has 0 aliphatic heterocycles. The molecule has 0 radical (unpaired) electrons. The van der Waals surface area contributed by atoms with E-state index in [0.717, 1.165) is 0 Å². The van der Waals surface area contributed by atoms with Gasteiger partial charge in [0.05, 0.1) is 0 Å². The number of amides is 1. The van der Waals surface area contributed by atoms with E-state index in [2.05, 4.69) is 5.48 Å². The SMILES string of the molecule is CC(=O)NOCc1c(N)cccc1Cl. The highest BCUT2D eigenvalue weighted by molar-refractivity contribution is 6.31. The minimum absolute atomic E-state index is 0.158. The van der Waals surface area contributed by atoms with Crippen molar-refractivity contribution < 1.29 is 9.63 Å². The molecule has 1 rings (SSSR count). The second kappa shape index (κ2) is 4.83. The van der Waals surface area contributed by atoms with Crippen LogP contribution in [0.25, 0.3) is 0 Å². The van der Waals surface area contributed by atoms with Gasteiger partial charge in [0, 0.05) is 23.2 Å². The number of nitrogens with two attached hydrogens (primary N) is 1. The number of hydrogen-bond donors (Lipinski definition) is 2. The van der Waals surface area contributed by atoms with Crippen LogP contribution in [0.2, 0.25) is 5.02 Å². The fraction of sp³-hybridized carbons (Fsp3) is 0.222. The van der Waals surface area contributed by atoms with Gasteiger partial charge in [-0.1, -0.05) is 17.7 Å². The highest BCUT2D eigenvalue weighted by Gasteiger charge is 2.04. The minimum atomic E-state index is -0.268. The Morgan fingerprint density at radius 1 is 1.64 bits per heavy atom. The summed E-state index contributed by atoms with van der Waals surface area (Å²) in [6, 6.07) is 5.18. The number of nitrogens with one attached hydrogen (secondary N) is 1. The molecular formula is C9H11ClN2O2. The van der Waals surface area contributed by atoms with Crippen LogP contribution in [0.15, 0.2) is 18.2 Å². The van der Waals surface area contributed by atoms with Crippen LogP contribution in [-0.2, 0) is 16.2 Å². The van der Waals surface area contributed by atoms with Gasteiger partial charge in [0.1, 0.15) is 6.61 Å². The van der Waals surface area contributed by atoms with Crippen molar-refractivity contribution in [3.63, 3.8) is 0 Å². The lowest BCUT2D eigenvalue weighted by Gasteiger charge is -2.07. The summed E-state index contributed by atoms with van der Waals surface area (Å²) in [5.74, 6) is -0.268. The Morgan fingerprint density at radius 2 is 2.36 bits per heavy atom. The second-order valence-corrected chi connectivity index (χ2v) is 3.16. The maximum absolute atomic E-state index is 10.5. The number of carbonyl (C=O) groups excluding carboxylic acids is 1. The maximum atomic E-state index is 10.5. The summed E-state index contributed by atoms with van der Waals surface area (Å²) < 4.78 is 0. The third-order valence-electron chi connectivity index (χ3n) is 1.59. The molecule has 0 atom stereocenters. The molecule has 0 fully saturated rings. The van der Waals surface area contributed by atoms with Crippen molar-refractivity contribution in [2.24, 2.45) is 0 Å². The monoisotopic (exact) mass is 214 g/mol. The molecule has 0 aromatic heterocycles. The molecule has 0 bridgehead atoms. The quantitative estimate of drug-likeness (QED) is 0.592. The van der Waals surface area contributed by atoms with Gasteiger partial charge in [0.15, 0.2) is 0 Å². The van der Waals surface area contributed by atoms with Crippen LogP contribution in [0.5, 0.6) is 0 Å². The Balaban J connectivity index is 2.62. The molecule has 0 saturated heterocycles. The van der Waals surface area contributed by atoms with Crippen molar-refractivity contribution in [2.75, 3.05) is 5.73 Å². The van der Waals surface area contributed by atoms with E-state index >= 15 is 0 Å². The molecule has 0 aliphatic rings. The number of nitrogen functional groups attached to an aromatic ring is 1. The third-order valence-corrected chi connectivity index (χ3v) is 1.94. The van der Waals surface area contributed by atoms with Crippen LogP contribution in [0.4, 0.5) is 5.69 Å². The lowest BCUT2D eigenvalue weighted by Crippen LogP contribution is -2.20. The molecule has 0 unspecified atom stereocenters. The Labute approximate surface area is 86.9 Å². The van der Waals surface area contributed by atoms with E-state index in [1.165, 1.54) is 6.92 Å². The van der Waals surface area contributed by atoms with Crippen molar-refractivity contribution in [3.8, 4) is 0 Å². The van der Waals surface area contributed by atoms with E-state index in [4.69, 9.17) is 22.2 Å². The fourth-order valence-corrected chi connectivity index (χ4v) is 1.17. The van der Waals surface area contributed by atoms with Crippen LogP contribution in [0, 0.1) is 0 Å². The topological polar surface area (TPSA) is 64.3 Å². The van der Waals surface area contributed by atoms with E-state index in [1.54, 1.807) is 18.2 Å². The number of anilines is 1. The van der Waals surface area contributed by atoms with Crippen LogP contribution in [0.3, 0.4) is 0 Å². The van der Waals surface area contributed by atoms with E-state index in [1.807, 2.05) is 0 Å². The average molecular weight is 215 g/mol. The zero-order chi connectivity index (χ0) is 10.6. The summed E-state index contributed by atoms with van der Waals surface area (Å²) in [4.78, 5) is 15.4. The van der Waals surface area contributed by atoms with E-state index < -0.39 is 0 Å². The van der Waals surface area contributed by atoms with Crippen LogP contribution in [-0.4, -0.2) is 5.91 Å². The van der Waals surface area contributed by atoms with Crippen molar-refractivity contribution in [2.45, 2.75) is 13.5 Å². The number of hydroxylamine groups is 1. The molecule has 14 heavy (non-hydrogen) atoms. The van der Waals surface area contributed by atoms with E-state index in [0.29, 0.717) is 16.3 Å². The molecule has 5 heteroatoms. The molecule has 1 aromatic rings. The number of carbonyl (C=O) groups is 1. The highest BCUT2D eigenvalue weighted by atomic mass is 35.5. The van der Waals surface area contributed by atoms with Gasteiger partial charge in [-0.3, -0.25) is 9.63 Å². The Hall–Kier alpha value is -1.26.